The Morgan fingerprint density at radius 3 is 2.16 bits per heavy atom. The molecule has 0 spiro atoms. The van der Waals surface area contributed by atoms with Crippen LogP contribution < -0.4 is 11.1 Å². The number of anilines is 1. The quantitative estimate of drug-likeness (QED) is 0.913. The molecular weight excluding hydrogens is 308 g/mol. The lowest BCUT2D eigenvalue weighted by Gasteiger charge is -2.09. The van der Waals surface area contributed by atoms with Gasteiger partial charge in [-0.1, -0.05) is 24.3 Å². The molecule has 5 heteroatoms. The van der Waals surface area contributed by atoms with Crippen LogP contribution >= 0.6 is 15.9 Å². The van der Waals surface area contributed by atoms with Crippen LogP contribution in [0.2, 0.25) is 0 Å². The Morgan fingerprint density at radius 2 is 1.53 bits per heavy atom. The van der Waals surface area contributed by atoms with Gasteiger partial charge in [0.1, 0.15) is 0 Å². The molecule has 3 N–H and O–H groups in total. The topological polar surface area (TPSA) is 72.2 Å². The molecule has 0 aliphatic rings. The van der Waals surface area contributed by atoms with Crippen molar-refractivity contribution in [3.63, 3.8) is 0 Å². The standard InChI is InChI=1S/C14H11BrN2O2/c15-11-7-3-1-5-9(11)14(19)17-12-8-4-2-6-10(12)13(16)18/h1-8H,(H2,16,18)(H,17,19). The summed E-state index contributed by atoms with van der Waals surface area (Å²) in [7, 11) is 0. The van der Waals surface area contributed by atoms with Crippen molar-refractivity contribution in [3.8, 4) is 0 Å². The molecule has 2 aromatic carbocycles. The number of halogens is 1. The number of benzene rings is 2. The van der Waals surface area contributed by atoms with Gasteiger partial charge in [-0.15, -0.1) is 0 Å². The number of nitrogens with two attached hydrogens (primary N) is 1. The average molecular weight is 319 g/mol. The summed E-state index contributed by atoms with van der Waals surface area (Å²) in [6.45, 7) is 0. The first-order valence-corrected chi connectivity index (χ1v) is 6.33. The first-order valence-electron chi connectivity index (χ1n) is 5.54. The van der Waals surface area contributed by atoms with Gasteiger partial charge in [-0.3, -0.25) is 9.59 Å². The third kappa shape index (κ3) is 3.00. The summed E-state index contributed by atoms with van der Waals surface area (Å²) < 4.78 is 0.684. The highest BCUT2D eigenvalue weighted by atomic mass is 79.9. The van der Waals surface area contributed by atoms with Gasteiger partial charge >= 0.3 is 0 Å². The lowest BCUT2D eigenvalue weighted by atomic mass is 10.1. The molecule has 4 nitrogen and oxygen atoms in total. The number of rotatable bonds is 3. The van der Waals surface area contributed by atoms with Crippen LogP contribution in [0.1, 0.15) is 20.7 Å². The van der Waals surface area contributed by atoms with E-state index in [9.17, 15) is 9.59 Å². The normalized spacial score (nSPS) is 9.95. The molecule has 0 atom stereocenters. The summed E-state index contributed by atoms with van der Waals surface area (Å²) in [5, 5.41) is 2.68. The molecule has 0 fully saturated rings. The molecule has 0 saturated carbocycles. The molecular formula is C14H11BrN2O2. The predicted octanol–water partition coefficient (Wildman–Crippen LogP) is 2.80. The number of para-hydroxylation sites is 1. The summed E-state index contributed by atoms with van der Waals surface area (Å²) in [5.41, 5.74) is 6.43. The molecule has 0 saturated heterocycles. The van der Waals surface area contributed by atoms with E-state index in [1.807, 2.05) is 6.07 Å². The van der Waals surface area contributed by atoms with Gasteiger partial charge in [0.05, 0.1) is 16.8 Å². The van der Waals surface area contributed by atoms with Crippen LogP contribution in [-0.2, 0) is 0 Å². The monoisotopic (exact) mass is 318 g/mol. The lowest BCUT2D eigenvalue weighted by molar-refractivity contribution is 0.100. The van der Waals surface area contributed by atoms with E-state index in [0.717, 1.165) is 0 Å². The third-order valence-corrected chi connectivity index (χ3v) is 3.25. The van der Waals surface area contributed by atoms with Crippen molar-refractivity contribution in [3.05, 3.63) is 64.1 Å². The SMILES string of the molecule is NC(=O)c1ccccc1NC(=O)c1ccccc1Br. The smallest absolute Gasteiger partial charge is 0.256 e. The third-order valence-electron chi connectivity index (χ3n) is 2.56. The maximum atomic E-state index is 12.1. The van der Waals surface area contributed by atoms with Crippen molar-refractivity contribution in [2.75, 3.05) is 5.32 Å². The zero-order valence-electron chi connectivity index (χ0n) is 9.89. The molecule has 0 aromatic heterocycles. The van der Waals surface area contributed by atoms with Gasteiger partial charge in [0, 0.05) is 4.47 Å². The zero-order valence-corrected chi connectivity index (χ0v) is 11.5. The lowest BCUT2D eigenvalue weighted by Crippen LogP contribution is -2.18. The molecule has 0 aliphatic carbocycles. The summed E-state index contributed by atoms with van der Waals surface area (Å²) >= 11 is 3.31. The van der Waals surface area contributed by atoms with Crippen LogP contribution in [0.25, 0.3) is 0 Å². The zero-order chi connectivity index (χ0) is 13.8. The van der Waals surface area contributed by atoms with Gasteiger partial charge in [0.25, 0.3) is 11.8 Å². The summed E-state index contributed by atoms with van der Waals surface area (Å²) in [6.07, 6.45) is 0. The Kier molecular flexibility index (Phi) is 3.97. The van der Waals surface area contributed by atoms with Gasteiger partial charge in [-0.25, -0.2) is 0 Å². The van der Waals surface area contributed by atoms with Crippen LogP contribution in [0.3, 0.4) is 0 Å². The van der Waals surface area contributed by atoms with E-state index in [1.54, 1.807) is 42.5 Å². The average Bonchev–Trinajstić information content (AvgIpc) is 2.39. The van der Waals surface area contributed by atoms with E-state index in [2.05, 4.69) is 21.2 Å². The van der Waals surface area contributed by atoms with Crippen LogP contribution in [0.15, 0.2) is 53.0 Å². The van der Waals surface area contributed by atoms with Crippen LogP contribution in [0.5, 0.6) is 0 Å². The molecule has 96 valence electrons. The van der Waals surface area contributed by atoms with Crippen molar-refractivity contribution >= 4 is 33.4 Å². The van der Waals surface area contributed by atoms with Gasteiger partial charge in [-0.05, 0) is 40.2 Å². The second-order valence-corrected chi connectivity index (χ2v) is 4.70. The maximum absolute atomic E-state index is 12.1. The van der Waals surface area contributed by atoms with Crippen LogP contribution in [-0.4, -0.2) is 11.8 Å². The molecule has 0 bridgehead atoms. The minimum absolute atomic E-state index is 0.280. The number of carbonyl (C=O) groups is 2. The fraction of sp³-hybridized carbons (Fsp3) is 0. The molecule has 0 heterocycles. The first kappa shape index (κ1) is 13.3. The highest BCUT2D eigenvalue weighted by molar-refractivity contribution is 9.10. The van der Waals surface area contributed by atoms with Crippen molar-refractivity contribution in [1.82, 2.24) is 0 Å². The van der Waals surface area contributed by atoms with Gasteiger partial charge in [0.15, 0.2) is 0 Å². The van der Waals surface area contributed by atoms with Crippen molar-refractivity contribution in [1.29, 1.82) is 0 Å². The molecule has 19 heavy (non-hydrogen) atoms. The highest BCUT2D eigenvalue weighted by Crippen LogP contribution is 2.19. The van der Waals surface area contributed by atoms with Crippen molar-refractivity contribution < 1.29 is 9.59 Å². The van der Waals surface area contributed by atoms with Crippen LogP contribution in [0.4, 0.5) is 5.69 Å². The Balaban J connectivity index is 2.30. The van der Waals surface area contributed by atoms with E-state index in [1.165, 1.54) is 0 Å². The number of hydrogen-bond acceptors (Lipinski definition) is 2. The van der Waals surface area contributed by atoms with E-state index in [-0.39, 0.29) is 11.5 Å². The number of nitrogens with one attached hydrogen (secondary N) is 1. The fourth-order valence-electron chi connectivity index (χ4n) is 1.64. The Hall–Kier alpha value is -2.14. The number of hydrogen-bond donors (Lipinski definition) is 2. The minimum Gasteiger partial charge on any atom is -0.366 e. The minimum atomic E-state index is -0.581. The Morgan fingerprint density at radius 1 is 0.947 bits per heavy atom. The van der Waals surface area contributed by atoms with Gasteiger partial charge < -0.3 is 11.1 Å². The van der Waals surface area contributed by atoms with Crippen molar-refractivity contribution in [2.45, 2.75) is 0 Å². The Labute approximate surface area is 118 Å². The fourth-order valence-corrected chi connectivity index (χ4v) is 2.11. The maximum Gasteiger partial charge on any atom is 0.256 e. The number of primary amides is 1. The number of carbonyl (C=O) groups excluding carboxylic acids is 2. The van der Waals surface area contributed by atoms with Crippen molar-refractivity contribution in [2.24, 2.45) is 5.73 Å². The van der Waals surface area contributed by atoms with E-state index in [0.29, 0.717) is 15.7 Å². The predicted molar refractivity (Wildman–Crippen MR) is 77.1 cm³/mol. The van der Waals surface area contributed by atoms with E-state index < -0.39 is 5.91 Å². The Bertz CT molecular complexity index is 641. The van der Waals surface area contributed by atoms with Gasteiger partial charge in [0.2, 0.25) is 0 Å². The van der Waals surface area contributed by atoms with E-state index >= 15 is 0 Å². The molecule has 0 radical (unpaired) electrons. The second-order valence-electron chi connectivity index (χ2n) is 3.84. The summed E-state index contributed by atoms with van der Waals surface area (Å²) in [4.78, 5) is 23.4. The highest BCUT2D eigenvalue weighted by Gasteiger charge is 2.13. The van der Waals surface area contributed by atoms with Gasteiger partial charge in [-0.2, -0.15) is 0 Å². The largest absolute Gasteiger partial charge is 0.366 e. The molecule has 2 amide bonds. The summed E-state index contributed by atoms with van der Waals surface area (Å²) in [6, 6.07) is 13.7. The van der Waals surface area contributed by atoms with Crippen LogP contribution in [0, 0.1) is 0 Å². The molecule has 2 aromatic rings. The molecule has 0 aliphatic heterocycles. The van der Waals surface area contributed by atoms with E-state index in [4.69, 9.17) is 5.73 Å². The summed E-state index contributed by atoms with van der Waals surface area (Å²) in [5.74, 6) is -0.885. The molecule has 0 unspecified atom stereocenters. The first-order chi connectivity index (χ1) is 9.09. The molecule has 2 rings (SSSR count). The second kappa shape index (κ2) is 5.67. The number of amides is 2.